The van der Waals surface area contributed by atoms with Crippen molar-refractivity contribution in [3.05, 3.63) is 23.0 Å². The van der Waals surface area contributed by atoms with Crippen LogP contribution in [0, 0.1) is 0 Å². The number of nitrogens with one attached hydrogen (secondary N) is 1. The first-order valence-electron chi connectivity index (χ1n) is 9.84. The summed E-state index contributed by atoms with van der Waals surface area (Å²) in [6.45, 7) is 1.40. The Hall–Kier alpha value is -2.62. The van der Waals surface area contributed by atoms with Gasteiger partial charge in [0.05, 0.1) is 5.69 Å². The fourth-order valence-electron chi connectivity index (χ4n) is 4.28. The van der Waals surface area contributed by atoms with Gasteiger partial charge in [-0.05, 0) is 31.2 Å². The van der Waals surface area contributed by atoms with Gasteiger partial charge in [-0.15, -0.1) is 10.2 Å². The number of hydrogen-bond acceptors (Lipinski definition) is 8. The highest BCUT2D eigenvalue weighted by Gasteiger charge is 2.44. The van der Waals surface area contributed by atoms with Gasteiger partial charge in [0.2, 0.25) is 22.9 Å². The maximum Gasteiger partial charge on any atom is 0.226 e. The summed E-state index contributed by atoms with van der Waals surface area (Å²) in [6, 6.07) is 0. The van der Waals surface area contributed by atoms with Gasteiger partial charge >= 0.3 is 0 Å². The lowest BCUT2D eigenvalue weighted by Gasteiger charge is -2.40. The molecule has 3 heterocycles. The molecule has 10 heteroatoms. The normalized spacial score (nSPS) is 20.6. The van der Waals surface area contributed by atoms with Crippen LogP contribution in [0.25, 0.3) is 0 Å². The molecule has 2 aliphatic rings. The van der Waals surface area contributed by atoms with Gasteiger partial charge in [0, 0.05) is 51.6 Å². The number of rotatable bonds is 5. The first-order valence-corrected chi connectivity index (χ1v) is 10.7. The second-order valence-corrected chi connectivity index (χ2v) is 8.76. The Bertz CT molecular complexity index is 898. The molecule has 0 radical (unpaired) electrons. The highest BCUT2D eigenvalue weighted by atomic mass is 32.1. The van der Waals surface area contributed by atoms with E-state index in [9.17, 15) is 9.59 Å². The van der Waals surface area contributed by atoms with Gasteiger partial charge in [0.25, 0.3) is 0 Å². The van der Waals surface area contributed by atoms with Crippen LogP contribution in [-0.4, -0.2) is 64.1 Å². The van der Waals surface area contributed by atoms with E-state index in [0.29, 0.717) is 17.6 Å². The Balaban J connectivity index is 1.41. The van der Waals surface area contributed by atoms with Gasteiger partial charge in [-0.2, -0.15) is 0 Å². The largest absolute Gasteiger partial charge is 0.347 e. The summed E-state index contributed by atoms with van der Waals surface area (Å²) >= 11 is 1.26. The van der Waals surface area contributed by atoms with E-state index in [1.54, 1.807) is 5.51 Å². The number of carbonyl (C=O) groups is 2. The average molecular weight is 416 g/mol. The number of aromatic nitrogens is 4. The molecule has 1 N–H and O–H groups in total. The number of aryl methyl sites for hydroxylation is 1. The van der Waals surface area contributed by atoms with Crippen molar-refractivity contribution < 1.29 is 9.59 Å². The fraction of sp³-hybridized carbons (Fsp3) is 0.579. The number of piperidine rings is 1. The van der Waals surface area contributed by atoms with E-state index in [-0.39, 0.29) is 30.1 Å². The molecule has 2 aromatic heterocycles. The summed E-state index contributed by atoms with van der Waals surface area (Å²) in [4.78, 5) is 38.0. The minimum Gasteiger partial charge on any atom is -0.347 e. The van der Waals surface area contributed by atoms with Gasteiger partial charge in [-0.3, -0.25) is 9.59 Å². The fourth-order valence-corrected chi connectivity index (χ4v) is 4.74. The summed E-state index contributed by atoms with van der Waals surface area (Å²) in [6.07, 6.45) is 6.20. The lowest BCUT2D eigenvalue weighted by molar-refractivity contribution is -0.135. The second-order valence-electron chi connectivity index (χ2n) is 7.93. The van der Waals surface area contributed by atoms with E-state index < -0.39 is 0 Å². The molecule has 0 aromatic carbocycles. The molecule has 29 heavy (non-hydrogen) atoms. The number of likely N-dealkylation sites (tertiary alicyclic amines) is 1. The van der Waals surface area contributed by atoms with E-state index in [1.165, 1.54) is 16.9 Å². The zero-order chi connectivity index (χ0) is 20.4. The zero-order valence-electron chi connectivity index (χ0n) is 16.7. The number of carbonyl (C=O) groups excluding carboxylic acids is 2. The number of nitrogens with zero attached hydrogens (tertiary/aromatic N) is 6. The van der Waals surface area contributed by atoms with Crippen LogP contribution in [0.3, 0.4) is 0 Å². The summed E-state index contributed by atoms with van der Waals surface area (Å²) in [7, 11) is 3.87. The van der Waals surface area contributed by atoms with Crippen molar-refractivity contribution in [2.75, 3.05) is 37.4 Å². The number of amides is 2. The van der Waals surface area contributed by atoms with Crippen molar-refractivity contribution in [2.45, 2.75) is 43.9 Å². The molecule has 1 atom stereocenters. The third-order valence-corrected chi connectivity index (χ3v) is 6.34. The molecule has 2 aromatic rings. The molecule has 1 saturated heterocycles. The predicted octanol–water partition coefficient (Wildman–Crippen LogP) is 1.62. The smallest absolute Gasteiger partial charge is 0.226 e. The molecule has 4 rings (SSSR count). The Labute approximate surface area is 173 Å². The van der Waals surface area contributed by atoms with Crippen LogP contribution >= 0.6 is 11.3 Å². The summed E-state index contributed by atoms with van der Waals surface area (Å²) in [5.41, 5.74) is 3.76. The third kappa shape index (κ3) is 4.07. The van der Waals surface area contributed by atoms with Crippen LogP contribution in [0.2, 0.25) is 0 Å². The van der Waals surface area contributed by atoms with Gasteiger partial charge in [-0.1, -0.05) is 11.3 Å². The van der Waals surface area contributed by atoms with E-state index >= 15 is 0 Å². The van der Waals surface area contributed by atoms with Crippen LogP contribution in [-0.2, 0) is 21.4 Å². The highest BCUT2D eigenvalue weighted by molar-refractivity contribution is 7.13. The van der Waals surface area contributed by atoms with E-state index in [2.05, 4.69) is 20.5 Å². The second kappa shape index (κ2) is 8.02. The quantitative estimate of drug-likeness (QED) is 0.791. The van der Waals surface area contributed by atoms with Gasteiger partial charge in [0.15, 0.2) is 0 Å². The van der Waals surface area contributed by atoms with Crippen LogP contribution < -0.4 is 10.2 Å². The average Bonchev–Trinajstić information content (AvgIpc) is 3.34. The topological polar surface area (TPSA) is 104 Å². The van der Waals surface area contributed by atoms with Gasteiger partial charge < -0.3 is 15.1 Å². The maximum atomic E-state index is 12.8. The zero-order valence-corrected chi connectivity index (χ0v) is 17.5. The van der Waals surface area contributed by atoms with Crippen molar-refractivity contribution in [1.29, 1.82) is 0 Å². The highest BCUT2D eigenvalue weighted by Crippen LogP contribution is 2.44. The van der Waals surface area contributed by atoms with Crippen molar-refractivity contribution >= 4 is 34.2 Å². The van der Waals surface area contributed by atoms with E-state index in [4.69, 9.17) is 4.98 Å². The molecule has 1 fully saturated rings. The summed E-state index contributed by atoms with van der Waals surface area (Å²) in [5.74, 6) is 0.519. The molecule has 2 amide bonds. The first kappa shape index (κ1) is 19.7. The SMILES string of the molecule is CN(C)c1ncc2c(n1)C1(CCCN(C(=O)CCC(=O)Nc3nncs3)C1)CC2. The van der Waals surface area contributed by atoms with Crippen molar-refractivity contribution in [3.63, 3.8) is 0 Å². The molecule has 154 valence electrons. The minimum atomic E-state index is -0.212. The maximum absolute atomic E-state index is 12.8. The predicted molar refractivity (Wildman–Crippen MR) is 110 cm³/mol. The van der Waals surface area contributed by atoms with Crippen LogP contribution in [0.5, 0.6) is 0 Å². The Kier molecular flexibility index (Phi) is 5.44. The van der Waals surface area contributed by atoms with Crippen LogP contribution in [0.1, 0.15) is 43.4 Å². The molecule has 0 bridgehead atoms. The van der Waals surface area contributed by atoms with Crippen molar-refractivity contribution in [1.82, 2.24) is 25.1 Å². The minimum absolute atomic E-state index is 0.0202. The summed E-state index contributed by atoms with van der Waals surface area (Å²) < 4.78 is 0. The number of fused-ring (bicyclic) bond motifs is 2. The van der Waals surface area contributed by atoms with Gasteiger partial charge in [0.1, 0.15) is 5.51 Å². The molecular formula is C19H25N7O2S. The molecule has 1 aliphatic heterocycles. The third-order valence-electron chi connectivity index (χ3n) is 5.73. The Morgan fingerprint density at radius 1 is 1.31 bits per heavy atom. The number of hydrogen-bond donors (Lipinski definition) is 1. The number of anilines is 2. The molecule has 9 nitrogen and oxygen atoms in total. The Morgan fingerprint density at radius 2 is 2.17 bits per heavy atom. The molecule has 1 spiro atoms. The van der Waals surface area contributed by atoms with E-state index in [1.807, 2.05) is 30.1 Å². The molecule has 1 aliphatic carbocycles. The Morgan fingerprint density at radius 3 is 2.93 bits per heavy atom. The molecule has 0 saturated carbocycles. The van der Waals surface area contributed by atoms with Crippen LogP contribution in [0.15, 0.2) is 11.7 Å². The standard InChI is InChI=1S/C19H25N7O2S/c1-25(2)17-20-10-13-6-8-19(16(13)23-17)7-3-9-26(11-19)15(28)5-4-14(27)22-18-24-21-12-29-18/h10,12H,3-9,11H2,1-2H3,(H,22,24,27). The summed E-state index contributed by atoms with van der Waals surface area (Å²) in [5, 5.41) is 10.6. The van der Waals surface area contributed by atoms with Crippen molar-refractivity contribution in [2.24, 2.45) is 0 Å². The first-order chi connectivity index (χ1) is 14.0. The van der Waals surface area contributed by atoms with E-state index in [0.717, 1.165) is 37.9 Å². The van der Waals surface area contributed by atoms with Gasteiger partial charge in [-0.25, -0.2) is 9.97 Å². The monoisotopic (exact) mass is 415 g/mol. The molecular weight excluding hydrogens is 390 g/mol. The van der Waals surface area contributed by atoms with Crippen LogP contribution in [0.4, 0.5) is 11.1 Å². The lowest BCUT2D eigenvalue weighted by Crippen LogP contribution is -2.48. The lowest BCUT2D eigenvalue weighted by atomic mass is 9.77. The molecule has 1 unspecified atom stereocenters. The van der Waals surface area contributed by atoms with Crippen molar-refractivity contribution in [3.8, 4) is 0 Å².